The normalized spacial score (nSPS) is 10.7. The molecule has 0 spiro atoms. The molecular weight excluding hydrogens is 223 g/mol. The Morgan fingerprint density at radius 2 is 1.29 bits per heavy atom. The van der Waals surface area contributed by atoms with E-state index in [2.05, 4.69) is 74.5 Å². The van der Waals surface area contributed by atoms with E-state index in [-0.39, 0.29) is 0 Å². The maximum Gasteiger partial charge on any atom is -0.0168 e. The topological polar surface area (TPSA) is 0 Å². The Labute approximate surface area is 105 Å². The molecule has 0 bridgehead atoms. The van der Waals surface area contributed by atoms with Gasteiger partial charge >= 0.3 is 0 Å². The molecule has 17 heavy (non-hydrogen) atoms. The van der Waals surface area contributed by atoms with Gasteiger partial charge in [0.2, 0.25) is 0 Å². The first-order valence-corrected chi connectivity index (χ1v) is 6.82. The van der Waals surface area contributed by atoms with Crippen LogP contribution in [0.1, 0.15) is 19.4 Å². The smallest absolute Gasteiger partial charge is 0.0168 e. The van der Waals surface area contributed by atoms with Crippen molar-refractivity contribution in [1.82, 2.24) is 0 Å². The summed E-state index contributed by atoms with van der Waals surface area (Å²) in [6.07, 6.45) is 0. The van der Waals surface area contributed by atoms with E-state index in [4.69, 9.17) is 0 Å². The van der Waals surface area contributed by atoms with E-state index in [1.807, 2.05) is 0 Å². The molecular formula is C16H17P. The van der Waals surface area contributed by atoms with Gasteiger partial charge in [0.05, 0.1) is 0 Å². The number of rotatable bonds is 3. The fourth-order valence-corrected chi connectivity index (χ4v) is 2.97. The maximum absolute atomic E-state index is 2.20. The van der Waals surface area contributed by atoms with Crippen LogP contribution in [0.25, 0.3) is 5.31 Å². The fraction of sp³-hybridized carbons (Fsp3) is 0.125. The Hall–Kier alpha value is -1.39. The van der Waals surface area contributed by atoms with Crippen LogP contribution in [0.2, 0.25) is 0 Å². The molecule has 0 N–H and O–H groups in total. The highest BCUT2D eigenvalue weighted by atomic mass is 31.1. The average Bonchev–Trinajstić information content (AvgIpc) is 2.38. The van der Waals surface area contributed by atoms with Crippen molar-refractivity contribution in [2.24, 2.45) is 0 Å². The molecule has 0 nitrogen and oxygen atoms in total. The number of benzene rings is 2. The van der Waals surface area contributed by atoms with Crippen LogP contribution in [0.3, 0.4) is 0 Å². The lowest BCUT2D eigenvalue weighted by atomic mass is 10.1. The van der Waals surface area contributed by atoms with E-state index in [1.54, 1.807) is 0 Å². The van der Waals surface area contributed by atoms with Crippen molar-refractivity contribution in [2.45, 2.75) is 13.8 Å². The van der Waals surface area contributed by atoms with Crippen molar-refractivity contribution >= 4 is 19.2 Å². The number of hydrogen-bond acceptors (Lipinski definition) is 0. The molecule has 1 heteroatoms. The highest BCUT2D eigenvalue weighted by Crippen LogP contribution is 2.35. The average molecular weight is 240 g/mol. The molecule has 86 valence electrons. The highest BCUT2D eigenvalue weighted by Gasteiger charge is 2.04. The Morgan fingerprint density at radius 3 is 1.82 bits per heavy atom. The van der Waals surface area contributed by atoms with Gasteiger partial charge in [-0.1, -0.05) is 74.8 Å². The number of allylic oxidation sites excluding steroid dienone is 1. The molecule has 0 aliphatic heterocycles. The number of hydrogen-bond donors (Lipinski definition) is 0. The summed E-state index contributed by atoms with van der Waals surface area (Å²) >= 11 is 0. The third kappa shape index (κ3) is 3.28. The van der Waals surface area contributed by atoms with Gasteiger partial charge in [-0.25, -0.2) is 0 Å². The van der Waals surface area contributed by atoms with Crippen LogP contribution in [0.5, 0.6) is 0 Å². The molecule has 2 rings (SSSR count). The van der Waals surface area contributed by atoms with E-state index in [0.29, 0.717) is 0 Å². The van der Waals surface area contributed by atoms with Gasteiger partial charge in [0.1, 0.15) is 0 Å². The van der Waals surface area contributed by atoms with Crippen LogP contribution in [-0.2, 0) is 0 Å². The van der Waals surface area contributed by atoms with Crippen LogP contribution < -0.4 is 5.30 Å². The van der Waals surface area contributed by atoms with Crippen LogP contribution in [-0.4, -0.2) is 0 Å². The van der Waals surface area contributed by atoms with Gasteiger partial charge in [0, 0.05) is 0 Å². The van der Waals surface area contributed by atoms with E-state index in [9.17, 15) is 0 Å². The fourth-order valence-electron chi connectivity index (χ4n) is 1.76. The van der Waals surface area contributed by atoms with Gasteiger partial charge in [0.15, 0.2) is 0 Å². The molecule has 1 atom stereocenters. The Morgan fingerprint density at radius 1 is 0.765 bits per heavy atom. The van der Waals surface area contributed by atoms with Crippen molar-refractivity contribution < 1.29 is 0 Å². The summed E-state index contributed by atoms with van der Waals surface area (Å²) < 4.78 is 0. The van der Waals surface area contributed by atoms with Crippen LogP contribution in [0.15, 0.2) is 66.2 Å². The van der Waals surface area contributed by atoms with E-state index >= 15 is 0 Å². The van der Waals surface area contributed by atoms with E-state index in [0.717, 1.165) is 8.58 Å². The van der Waals surface area contributed by atoms with Crippen LogP contribution in [0.4, 0.5) is 0 Å². The Balaban J connectivity index is 2.31. The second-order valence-electron chi connectivity index (χ2n) is 4.23. The summed E-state index contributed by atoms with van der Waals surface area (Å²) in [5.74, 6) is 0. The second-order valence-corrected chi connectivity index (χ2v) is 5.56. The zero-order valence-corrected chi connectivity index (χ0v) is 11.3. The Bertz CT molecular complexity index is 494. The van der Waals surface area contributed by atoms with Gasteiger partial charge in [0.25, 0.3) is 0 Å². The zero-order chi connectivity index (χ0) is 12.1. The lowest BCUT2D eigenvalue weighted by Crippen LogP contribution is -1.93. The monoisotopic (exact) mass is 240 g/mol. The first-order valence-electron chi connectivity index (χ1n) is 5.82. The lowest BCUT2D eigenvalue weighted by molar-refractivity contribution is 1.41. The minimum Gasteiger partial charge on any atom is -0.0681 e. The molecule has 0 heterocycles. The second kappa shape index (κ2) is 5.80. The molecule has 2 aromatic carbocycles. The molecule has 0 saturated heterocycles. The molecule has 0 aliphatic carbocycles. The van der Waals surface area contributed by atoms with Gasteiger partial charge < -0.3 is 0 Å². The lowest BCUT2D eigenvalue weighted by Gasteiger charge is -2.10. The summed E-state index contributed by atoms with van der Waals surface area (Å²) in [6, 6.07) is 21.3. The summed E-state index contributed by atoms with van der Waals surface area (Å²) in [4.78, 5) is 0. The molecule has 0 saturated carbocycles. The highest BCUT2D eigenvalue weighted by molar-refractivity contribution is 7.58. The minimum absolute atomic E-state index is 0.733. The standard InChI is InChI=1S/C16H17P/c1-13(2)16(14-9-5-3-6-10-14)17-15-11-7-4-8-12-15/h3-12,17H,1-2H3. The maximum atomic E-state index is 2.20. The summed E-state index contributed by atoms with van der Waals surface area (Å²) in [5.41, 5.74) is 2.74. The van der Waals surface area contributed by atoms with Crippen LogP contribution >= 0.6 is 8.58 Å². The summed E-state index contributed by atoms with van der Waals surface area (Å²) in [6.45, 7) is 4.39. The van der Waals surface area contributed by atoms with Crippen molar-refractivity contribution in [3.63, 3.8) is 0 Å². The molecule has 1 unspecified atom stereocenters. The molecule has 0 amide bonds. The zero-order valence-electron chi connectivity index (χ0n) is 10.3. The SMILES string of the molecule is CC(C)=C(Pc1ccccc1)c1ccccc1. The first kappa shape index (κ1) is 12.1. The quantitative estimate of drug-likeness (QED) is 0.696. The van der Waals surface area contributed by atoms with Gasteiger partial charge in [-0.2, -0.15) is 0 Å². The summed E-state index contributed by atoms with van der Waals surface area (Å²) in [5, 5.41) is 2.85. The van der Waals surface area contributed by atoms with Crippen LogP contribution in [0, 0.1) is 0 Å². The molecule has 0 aliphatic rings. The van der Waals surface area contributed by atoms with E-state index < -0.39 is 0 Å². The van der Waals surface area contributed by atoms with Crippen molar-refractivity contribution in [1.29, 1.82) is 0 Å². The molecule has 0 fully saturated rings. The molecule has 0 radical (unpaired) electrons. The minimum atomic E-state index is 0.733. The predicted octanol–water partition coefficient (Wildman–Crippen LogP) is 4.44. The molecule has 0 aromatic heterocycles. The van der Waals surface area contributed by atoms with Gasteiger partial charge in [-0.3, -0.25) is 0 Å². The van der Waals surface area contributed by atoms with Crippen molar-refractivity contribution in [3.05, 3.63) is 71.8 Å². The van der Waals surface area contributed by atoms with Gasteiger partial charge in [-0.15, -0.1) is 0 Å². The molecule has 2 aromatic rings. The largest absolute Gasteiger partial charge is 0.0681 e. The summed E-state index contributed by atoms with van der Waals surface area (Å²) in [7, 11) is 0.733. The van der Waals surface area contributed by atoms with Gasteiger partial charge in [-0.05, 0) is 30.0 Å². The third-order valence-electron chi connectivity index (χ3n) is 2.61. The predicted molar refractivity (Wildman–Crippen MR) is 79.1 cm³/mol. The third-order valence-corrected chi connectivity index (χ3v) is 4.27. The van der Waals surface area contributed by atoms with Crippen molar-refractivity contribution in [3.8, 4) is 0 Å². The van der Waals surface area contributed by atoms with E-state index in [1.165, 1.54) is 21.8 Å². The van der Waals surface area contributed by atoms with Crippen molar-refractivity contribution in [2.75, 3.05) is 0 Å². The Kier molecular flexibility index (Phi) is 4.12. The first-order chi connectivity index (χ1) is 8.27.